The monoisotopic (exact) mass is 331 g/mol. The zero-order valence-corrected chi connectivity index (χ0v) is 14.2. The number of hydrogen-bond acceptors (Lipinski definition) is 5. The molecule has 1 aliphatic rings. The predicted molar refractivity (Wildman–Crippen MR) is 80.4 cm³/mol. The molecule has 2 rings (SSSR count). The summed E-state index contributed by atoms with van der Waals surface area (Å²) in [5, 5.41) is 0. The fourth-order valence-corrected chi connectivity index (χ4v) is 4.61. The Morgan fingerprint density at radius 1 is 1.05 bits per heavy atom. The highest BCUT2D eigenvalue weighted by atomic mass is 32.2. The summed E-state index contributed by atoms with van der Waals surface area (Å²) in [4.78, 5) is 23.8. The number of aromatic nitrogens is 2. The van der Waals surface area contributed by atoms with Crippen LogP contribution in [0.5, 0.6) is 0 Å². The van der Waals surface area contributed by atoms with E-state index in [1.807, 2.05) is 0 Å². The molecule has 2 atom stereocenters. The molecule has 22 heavy (non-hydrogen) atoms. The quantitative estimate of drug-likeness (QED) is 0.707. The number of morpholine rings is 1. The number of sulfonamides is 1. The molecule has 0 saturated carbocycles. The molecule has 1 aromatic heterocycles. The minimum absolute atomic E-state index is 0.139. The minimum Gasteiger partial charge on any atom is -0.373 e. The normalized spacial score (nSPS) is 23.7. The Hall–Kier alpha value is -1.45. The Morgan fingerprint density at radius 3 is 2.05 bits per heavy atom. The molecular formula is C13H21N3O5S. The van der Waals surface area contributed by atoms with Gasteiger partial charge in [0.05, 0.1) is 12.2 Å². The molecule has 1 aromatic rings. The first-order chi connectivity index (χ1) is 10.1. The summed E-state index contributed by atoms with van der Waals surface area (Å²) in [6.07, 6.45) is -0.509. The zero-order chi connectivity index (χ0) is 16.8. The maximum Gasteiger partial charge on any atom is 0.330 e. The largest absolute Gasteiger partial charge is 0.373 e. The van der Waals surface area contributed by atoms with Gasteiger partial charge >= 0.3 is 5.69 Å². The van der Waals surface area contributed by atoms with Crippen molar-refractivity contribution in [2.24, 2.45) is 14.1 Å². The maximum atomic E-state index is 12.9. The van der Waals surface area contributed by atoms with Gasteiger partial charge in [-0.05, 0) is 20.8 Å². The van der Waals surface area contributed by atoms with Crippen LogP contribution in [0.15, 0.2) is 14.5 Å². The van der Waals surface area contributed by atoms with Crippen molar-refractivity contribution < 1.29 is 13.2 Å². The van der Waals surface area contributed by atoms with Crippen molar-refractivity contribution in [3.63, 3.8) is 0 Å². The fraction of sp³-hybridized carbons (Fsp3) is 0.692. The van der Waals surface area contributed by atoms with Crippen LogP contribution in [-0.4, -0.2) is 47.2 Å². The second-order valence-corrected chi connectivity index (χ2v) is 7.57. The van der Waals surface area contributed by atoms with Crippen LogP contribution >= 0.6 is 0 Å². The van der Waals surface area contributed by atoms with E-state index >= 15 is 0 Å². The molecule has 0 radical (unpaired) electrons. The Balaban J connectivity index is 2.65. The maximum absolute atomic E-state index is 12.9. The van der Waals surface area contributed by atoms with Crippen LogP contribution in [-0.2, 0) is 28.9 Å². The minimum atomic E-state index is -3.99. The fourth-order valence-electron chi connectivity index (χ4n) is 2.67. The Bertz CT molecular complexity index is 798. The van der Waals surface area contributed by atoms with Crippen molar-refractivity contribution in [3.8, 4) is 0 Å². The number of ether oxygens (including phenoxy) is 1. The summed E-state index contributed by atoms with van der Waals surface area (Å²) >= 11 is 0. The topological polar surface area (TPSA) is 90.6 Å². The summed E-state index contributed by atoms with van der Waals surface area (Å²) < 4.78 is 34.5. The molecule has 8 nitrogen and oxygen atoms in total. The molecule has 1 aliphatic heterocycles. The zero-order valence-electron chi connectivity index (χ0n) is 13.4. The first-order valence-electron chi connectivity index (χ1n) is 6.99. The van der Waals surface area contributed by atoms with Crippen LogP contribution < -0.4 is 11.2 Å². The Kier molecular flexibility index (Phi) is 4.33. The molecular weight excluding hydrogens is 310 g/mol. The Labute approximate surface area is 129 Å². The van der Waals surface area contributed by atoms with Gasteiger partial charge in [-0.2, -0.15) is 4.31 Å². The van der Waals surface area contributed by atoms with Gasteiger partial charge in [-0.25, -0.2) is 13.2 Å². The third-order valence-corrected chi connectivity index (χ3v) is 5.85. The van der Waals surface area contributed by atoms with E-state index in [1.165, 1.54) is 29.9 Å². The lowest BCUT2D eigenvalue weighted by Gasteiger charge is -2.34. The molecule has 124 valence electrons. The lowest BCUT2D eigenvalue weighted by molar-refractivity contribution is -0.0441. The van der Waals surface area contributed by atoms with E-state index in [1.54, 1.807) is 13.8 Å². The van der Waals surface area contributed by atoms with Crippen molar-refractivity contribution in [1.29, 1.82) is 0 Å². The average molecular weight is 331 g/mol. The molecule has 9 heteroatoms. The van der Waals surface area contributed by atoms with E-state index in [0.717, 1.165) is 4.57 Å². The molecule has 0 spiro atoms. The molecule has 2 heterocycles. The van der Waals surface area contributed by atoms with Crippen LogP contribution in [0.2, 0.25) is 0 Å². The van der Waals surface area contributed by atoms with Gasteiger partial charge in [0, 0.05) is 32.9 Å². The molecule has 0 bridgehead atoms. The summed E-state index contributed by atoms with van der Waals surface area (Å²) in [6, 6.07) is 0. The average Bonchev–Trinajstić information content (AvgIpc) is 2.42. The van der Waals surface area contributed by atoms with Crippen LogP contribution in [0.1, 0.15) is 19.5 Å². The second-order valence-electron chi connectivity index (χ2n) is 5.70. The molecule has 1 fully saturated rings. The van der Waals surface area contributed by atoms with Gasteiger partial charge in [0.25, 0.3) is 15.6 Å². The highest BCUT2D eigenvalue weighted by molar-refractivity contribution is 7.89. The van der Waals surface area contributed by atoms with Crippen molar-refractivity contribution in [2.45, 2.75) is 37.9 Å². The van der Waals surface area contributed by atoms with Gasteiger partial charge in [0.15, 0.2) is 4.90 Å². The molecule has 0 aromatic carbocycles. The van der Waals surface area contributed by atoms with Gasteiger partial charge in [0.1, 0.15) is 0 Å². The van der Waals surface area contributed by atoms with E-state index in [4.69, 9.17) is 4.74 Å². The summed E-state index contributed by atoms with van der Waals surface area (Å²) in [5.74, 6) is 0. The smallest absolute Gasteiger partial charge is 0.330 e. The summed E-state index contributed by atoms with van der Waals surface area (Å²) in [7, 11) is -1.27. The first-order valence-corrected chi connectivity index (χ1v) is 8.43. The van der Waals surface area contributed by atoms with Gasteiger partial charge in [-0.3, -0.25) is 13.9 Å². The lowest BCUT2D eigenvalue weighted by Crippen LogP contribution is -2.50. The van der Waals surface area contributed by atoms with Crippen LogP contribution in [0.3, 0.4) is 0 Å². The highest BCUT2D eigenvalue weighted by Crippen LogP contribution is 2.20. The molecule has 0 N–H and O–H groups in total. The van der Waals surface area contributed by atoms with E-state index in [-0.39, 0.29) is 35.9 Å². The van der Waals surface area contributed by atoms with Crippen molar-refractivity contribution in [2.75, 3.05) is 13.1 Å². The van der Waals surface area contributed by atoms with Gasteiger partial charge in [0.2, 0.25) is 0 Å². The van der Waals surface area contributed by atoms with E-state index < -0.39 is 21.3 Å². The van der Waals surface area contributed by atoms with Crippen LogP contribution in [0.25, 0.3) is 0 Å². The van der Waals surface area contributed by atoms with Crippen LogP contribution in [0, 0.1) is 6.92 Å². The standard InChI is InChI=1S/C13H21N3O5S/c1-8-6-16(7-9(2)21-8)22(19,20)11-10(3)14(4)13(18)15(5)12(11)17/h8-9H,6-7H2,1-5H3/t8-,9-/m0/s1. The van der Waals surface area contributed by atoms with Gasteiger partial charge in [-0.1, -0.05) is 0 Å². The number of nitrogens with zero attached hydrogens (tertiary/aromatic N) is 3. The third-order valence-electron chi connectivity index (χ3n) is 3.89. The van der Waals surface area contributed by atoms with E-state index in [9.17, 15) is 18.0 Å². The summed E-state index contributed by atoms with van der Waals surface area (Å²) in [6.45, 7) is 5.38. The molecule has 0 unspecified atom stereocenters. The SMILES string of the molecule is Cc1c(S(=O)(=O)N2C[C@H](C)O[C@@H](C)C2)c(=O)n(C)c(=O)n1C. The molecule has 1 saturated heterocycles. The van der Waals surface area contributed by atoms with E-state index in [0.29, 0.717) is 0 Å². The Morgan fingerprint density at radius 2 is 1.55 bits per heavy atom. The lowest BCUT2D eigenvalue weighted by atomic mass is 10.3. The second kappa shape index (κ2) is 5.64. The van der Waals surface area contributed by atoms with Crippen molar-refractivity contribution >= 4 is 10.0 Å². The first kappa shape index (κ1) is 16.9. The van der Waals surface area contributed by atoms with E-state index in [2.05, 4.69) is 0 Å². The third kappa shape index (κ3) is 2.64. The van der Waals surface area contributed by atoms with Gasteiger partial charge in [-0.15, -0.1) is 0 Å². The molecule has 0 aliphatic carbocycles. The summed E-state index contributed by atoms with van der Waals surface area (Å²) in [5.41, 5.74) is -1.21. The van der Waals surface area contributed by atoms with Crippen molar-refractivity contribution in [1.82, 2.24) is 13.4 Å². The van der Waals surface area contributed by atoms with Gasteiger partial charge < -0.3 is 4.74 Å². The predicted octanol–water partition coefficient (Wildman–Crippen LogP) is -0.810. The highest BCUT2D eigenvalue weighted by Gasteiger charge is 2.36. The van der Waals surface area contributed by atoms with Crippen LogP contribution in [0.4, 0.5) is 0 Å². The number of hydrogen-bond donors (Lipinski definition) is 0. The molecule has 0 amide bonds. The number of rotatable bonds is 2. The van der Waals surface area contributed by atoms with Crippen molar-refractivity contribution in [3.05, 3.63) is 26.5 Å².